The second kappa shape index (κ2) is 10.8. The van der Waals surface area contributed by atoms with Gasteiger partial charge in [0.2, 0.25) is 0 Å². The number of aromatic amines is 1. The molecular weight excluding hydrogens is 459 g/mol. The summed E-state index contributed by atoms with van der Waals surface area (Å²) in [6.45, 7) is 9.08. The van der Waals surface area contributed by atoms with Gasteiger partial charge in [0.15, 0.2) is 0 Å². The minimum Gasteiger partial charge on any atom is -0.497 e. The predicted molar refractivity (Wildman–Crippen MR) is 141 cm³/mol. The SMILES string of the molecule is CCN(CC)CCNC(=O)c1c(C)[nH]c(/C=C2\C(=O)Nc3ccc(F)cc32)c1-c1cccc(OC)c1. The van der Waals surface area contributed by atoms with Crippen molar-refractivity contribution in [3.63, 3.8) is 0 Å². The molecule has 7 nitrogen and oxygen atoms in total. The largest absolute Gasteiger partial charge is 0.497 e. The fourth-order valence-corrected chi connectivity index (χ4v) is 4.52. The lowest BCUT2D eigenvalue weighted by Crippen LogP contribution is -2.35. The average molecular weight is 491 g/mol. The number of benzene rings is 2. The van der Waals surface area contributed by atoms with Gasteiger partial charge < -0.3 is 25.3 Å². The summed E-state index contributed by atoms with van der Waals surface area (Å²) >= 11 is 0. The Bertz CT molecular complexity index is 1320. The molecule has 8 heteroatoms. The van der Waals surface area contributed by atoms with E-state index in [1.165, 1.54) is 12.1 Å². The third-order valence-electron chi connectivity index (χ3n) is 6.46. The van der Waals surface area contributed by atoms with E-state index in [9.17, 15) is 14.0 Å². The molecule has 0 bridgehead atoms. The van der Waals surface area contributed by atoms with Gasteiger partial charge in [0, 0.05) is 41.3 Å². The lowest BCUT2D eigenvalue weighted by atomic mass is 9.97. The van der Waals surface area contributed by atoms with Crippen LogP contribution in [0, 0.1) is 12.7 Å². The van der Waals surface area contributed by atoms with Crippen molar-refractivity contribution < 1.29 is 18.7 Å². The van der Waals surface area contributed by atoms with Gasteiger partial charge in [-0.2, -0.15) is 0 Å². The molecular formula is C28H31FN4O3. The summed E-state index contributed by atoms with van der Waals surface area (Å²) in [4.78, 5) is 31.7. The molecule has 0 atom stereocenters. The summed E-state index contributed by atoms with van der Waals surface area (Å²) in [6.07, 6.45) is 1.68. The Labute approximate surface area is 210 Å². The monoisotopic (exact) mass is 490 g/mol. The van der Waals surface area contributed by atoms with Crippen LogP contribution in [0.3, 0.4) is 0 Å². The fraction of sp³-hybridized carbons (Fsp3) is 0.286. The summed E-state index contributed by atoms with van der Waals surface area (Å²) in [6, 6.07) is 11.6. The number of nitrogens with one attached hydrogen (secondary N) is 3. The number of fused-ring (bicyclic) bond motifs is 1. The van der Waals surface area contributed by atoms with Crippen LogP contribution in [-0.2, 0) is 4.79 Å². The van der Waals surface area contributed by atoms with Gasteiger partial charge in [-0.05, 0) is 62.0 Å². The average Bonchev–Trinajstić information content (AvgIpc) is 3.37. The van der Waals surface area contributed by atoms with Crippen LogP contribution in [0.1, 0.15) is 41.2 Å². The molecule has 4 rings (SSSR count). The first-order chi connectivity index (χ1) is 17.4. The molecule has 1 aliphatic rings. The minimum absolute atomic E-state index is 0.208. The highest BCUT2D eigenvalue weighted by Crippen LogP contribution is 2.38. The Morgan fingerprint density at radius 3 is 2.67 bits per heavy atom. The van der Waals surface area contributed by atoms with Crippen molar-refractivity contribution in [2.24, 2.45) is 0 Å². The van der Waals surface area contributed by atoms with Crippen molar-refractivity contribution in [2.75, 3.05) is 38.6 Å². The van der Waals surface area contributed by atoms with E-state index >= 15 is 0 Å². The highest BCUT2D eigenvalue weighted by atomic mass is 19.1. The Kier molecular flexibility index (Phi) is 7.55. The summed E-state index contributed by atoms with van der Waals surface area (Å²) in [7, 11) is 1.58. The van der Waals surface area contributed by atoms with Gasteiger partial charge in [0.25, 0.3) is 11.8 Å². The summed E-state index contributed by atoms with van der Waals surface area (Å²) in [5.41, 5.74) is 4.50. The number of nitrogens with zero attached hydrogens (tertiary/aromatic N) is 1. The predicted octanol–water partition coefficient (Wildman–Crippen LogP) is 4.70. The third kappa shape index (κ3) is 5.04. The van der Waals surface area contributed by atoms with E-state index < -0.39 is 5.82 Å². The first-order valence-electron chi connectivity index (χ1n) is 12.1. The van der Waals surface area contributed by atoms with Crippen LogP contribution < -0.4 is 15.4 Å². The molecule has 0 fully saturated rings. The first-order valence-corrected chi connectivity index (χ1v) is 12.1. The zero-order chi connectivity index (χ0) is 25.8. The number of amides is 2. The van der Waals surface area contributed by atoms with E-state index in [1.807, 2.05) is 31.2 Å². The molecule has 2 heterocycles. The summed E-state index contributed by atoms with van der Waals surface area (Å²) in [5.74, 6) is -0.325. The van der Waals surface area contributed by atoms with Crippen LogP contribution in [0.25, 0.3) is 22.8 Å². The van der Waals surface area contributed by atoms with Gasteiger partial charge in [-0.25, -0.2) is 4.39 Å². The van der Waals surface area contributed by atoms with Gasteiger partial charge in [0.05, 0.1) is 18.2 Å². The minimum atomic E-state index is -0.430. The molecule has 2 aromatic carbocycles. The van der Waals surface area contributed by atoms with Gasteiger partial charge >= 0.3 is 0 Å². The lowest BCUT2D eigenvalue weighted by molar-refractivity contribution is -0.110. The number of carbonyl (C=O) groups excluding carboxylic acids is 2. The van der Waals surface area contributed by atoms with Crippen LogP contribution in [0.15, 0.2) is 42.5 Å². The fourth-order valence-electron chi connectivity index (χ4n) is 4.52. The number of rotatable bonds is 9. The van der Waals surface area contributed by atoms with Crippen LogP contribution in [0.5, 0.6) is 5.75 Å². The second-order valence-electron chi connectivity index (χ2n) is 8.63. The van der Waals surface area contributed by atoms with Crippen LogP contribution in [0.2, 0.25) is 0 Å². The topological polar surface area (TPSA) is 86.5 Å². The number of carbonyl (C=O) groups is 2. The molecule has 2 amide bonds. The Hall–Kier alpha value is -3.91. The normalized spacial score (nSPS) is 13.7. The molecule has 188 valence electrons. The van der Waals surface area contributed by atoms with Crippen LogP contribution in [-0.4, -0.2) is 55.0 Å². The molecule has 0 spiro atoms. The van der Waals surface area contributed by atoms with Crippen molar-refractivity contribution >= 4 is 29.2 Å². The van der Waals surface area contributed by atoms with Crippen molar-refractivity contribution in [1.29, 1.82) is 0 Å². The molecule has 0 saturated carbocycles. The number of methoxy groups -OCH3 is 1. The highest BCUT2D eigenvalue weighted by Gasteiger charge is 2.27. The second-order valence-corrected chi connectivity index (χ2v) is 8.63. The number of halogens is 1. The van der Waals surface area contributed by atoms with Crippen LogP contribution in [0.4, 0.5) is 10.1 Å². The maximum Gasteiger partial charge on any atom is 0.256 e. The van der Waals surface area contributed by atoms with Crippen molar-refractivity contribution in [1.82, 2.24) is 15.2 Å². The number of aryl methyl sites for hydroxylation is 1. The maximum absolute atomic E-state index is 14.0. The Morgan fingerprint density at radius 2 is 1.94 bits per heavy atom. The van der Waals surface area contributed by atoms with E-state index in [2.05, 4.69) is 34.4 Å². The molecule has 0 radical (unpaired) electrons. The quantitative estimate of drug-likeness (QED) is 0.380. The number of H-pyrrole nitrogens is 1. The van der Waals surface area contributed by atoms with Gasteiger partial charge in [-0.1, -0.05) is 26.0 Å². The van der Waals surface area contributed by atoms with Crippen molar-refractivity contribution in [2.45, 2.75) is 20.8 Å². The number of hydrogen-bond donors (Lipinski definition) is 3. The van der Waals surface area contributed by atoms with Crippen molar-refractivity contribution in [3.05, 3.63) is 70.8 Å². The molecule has 1 aromatic heterocycles. The molecule has 36 heavy (non-hydrogen) atoms. The molecule has 0 aliphatic carbocycles. The zero-order valence-electron chi connectivity index (χ0n) is 21.0. The zero-order valence-corrected chi connectivity index (χ0v) is 21.0. The van der Waals surface area contributed by atoms with E-state index in [-0.39, 0.29) is 11.8 Å². The lowest BCUT2D eigenvalue weighted by Gasteiger charge is -2.18. The summed E-state index contributed by atoms with van der Waals surface area (Å²) in [5, 5.41) is 5.81. The molecule has 1 aliphatic heterocycles. The Balaban J connectivity index is 1.79. The number of ether oxygens (including phenoxy) is 1. The smallest absolute Gasteiger partial charge is 0.256 e. The van der Waals surface area contributed by atoms with Crippen molar-refractivity contribution in [3.8, 4) is 16.9 Å². The molecule has 3 aromatic rings. The molecule has 3 N–H and O–H groups in total. The maximum atomic E-state index is 14.0. The number of hydrogen-bond acceptors (Lipinski definition) is 4. The van der Waals surface area contributed by atoms with E-state index in [1.54, 1.807) is 19.3 Å². The van der Waals surface area contributed by atoms with Gasteiger partial charge in [0.1, 0.15) is 11.6 Å². The number of aromatic nitrogens is 1. The molecule has 0 unspecified atom stereocenters. The standard InChI is InChI=1S/C28H31FN4O3/c1-5-33(6-2)13-12-30-28(35)25-17(3)31-24(26(25)18-8-7-9-20(14-18)36-4)16-22-21-15-19(29)10-11-23(21)32-27(22)34/h7-11,14-16,31H,5-6,12-13H2,1-4H3,(H,30,35)(H,32,34)/b22-16-. The molecule has 0 saturated heterocycles. The third-order valence-corrected chi connectivity index (χ3v) is 6.46. The number of likely N-dealkylation sites (N-methyl/N-ethyl adjacent to an activating group) is 1. The van der Waals surface area contributed by atoms with Gasteiger partial charge in [-0.15, -0.1) is 0 Å². The Morgan fingerprint density at radius 1 is 1.17 bits per heavy atom. The highest BCUT2D eigenvalue weighted by molar-refractivity contribution is 6.35. The summed E-state index contributed by atoms with van der Waals surface area (Å²) < 4.78 is 19.4. The van der Waals surface area contributed by atoms with Gasteiger partial charge in [-0.3, -0.25) is 9.59 Å². The number of anilines is 1. The van der Waals surface area contributed by atoms with E-state index in [0.717, 1.165) is 25.2 Å². The van der Waals surface area contributed by atoms with Crippen LogP contribution >= 0.6 is 0 Å². The van der Waals surface area contributed by atoms with E-state index in [4.69, 9.17) is 4.74 Å². The first kappa shape index (κ1) is 25.2. The van der Waals surface area contributed by atoms with E-state index in [0.29, 0.717) is 51.6 Å².